The molecule has 0 saturated carbocycles. The zero-order chi connectivity index (χ0) is 12.0. The summed E-state index contributed by atoms with van der Waals surface area (Å²) < 4.78 is 8.16. The Labute approximate surface area is 103 Å². The van der Waals surface area contributed by atoms with Gasteiger partial charge in [0, 0.05) is 29.1 Å². The first-order valence-corrected chi connectivity index (χ1v) is 4.94. The van der Waals surface area contributed by atoms with Gasteiger partial charge in [0.25, 0.3) is 5.91 Å². The number of carbonyl (C=O) groups is 1. The summed E-state index contributed by atoms with van der Waals surface area (Å²) in [6.07, 6.45) is 0. The summed E-state index contributed by atoms with van der Waals surface area (Å²) in [5.41, 5.74) is 0.436. The Morgan fingerprint density at radius 3 is 2.44 bits per heavy atom. The van der Waals surface area contributed by atoms with Crippen LogP contribution in [0, 0.1) is 0 Å². The monoisotopic (exact) mass is 261 g/mol. The molecule has 1 aromatic carbocycles. The van der Waals surface area contributed by atoms with Gasteiger partial charge in [0.2, 0.25) is 5.96 Å². The van der Waals surface area contributed by atoms with E-state index in [0.717, 1.165) is 0 Å². The minimum atomic E-state index is -0.379. The molecule has 86 valence electrons. The first kappa shape index (κ1) is 12.6. The van der Waals surface area contributed by atoms with Crippen molar-refractivity contribution in [2.45, 2.75) is 0 Å². The topological polar surface area (TPSA) is 62.7 Å². The Morgan fingerprint density at radius 2 is 2.00 bits per heavy atom. The van der Waals surface area contributed by atoms with Crippen LogP contribution in [0.3, 0.4) is 0 Å². The van der Waals surface area contributed by atoms with Gasteiger partial charge in [0.1, 0.15) is 5.75 Å². The second kappa shape index (κ2) is 6.19. The van der Waals surface area contributed by atoms with Crippen LogP contribution < -0.4 is 14.9 Å². The number of nitrogens with one attached hydrogen (secondary N) is 2. The number of hydrogen-bond acceptors (Lipinski definition) is 3. The average Bonchev–Trinajstić information content (AvgIpc) is 2.35. The molecule has 1 rings (SSSR count). The number of rotatable bonds is 2. The quantitative estimate of drug-likeness (QED) is 0.484. The van der Waals surface area contributed by atoms with Crippen molar-refractivity contribution in [2.75, 3.05) is 7.11 Å². The normalized spacial score (nSPS) is 10.8. The molecule has 0 aromatic heterocycles. The predicted molar refractivity (Wildman–Crippen MR) is 62.7 cm³/mol. The van der Waals surface area contributed by atoms with Gasteiger partial charge >= 0.3 is 0 Å². The Hall–Kier alpha value is -1.46. The summed E-state index contributed by atoms with van der Waals surface area (Å²) in [6.45, 7) is 0. The summed E-state index contributed by atoms with van der Waals surface area (Å²) in [5.74, 6) is 0.248. The van der Waals surface area contributed by atoms with Crippen LogP contribution in [0.25, 0.3) is 0 Å². The van der Waals surface area contributed by atoms with E-state index < -0.39 is 0 Å². The summed E-state index contributed by atoms with van der Waals surface area (Å²) in [5, 5.41) is 2.37. The second-order valence-electron chi connectivity index (χ2n) is 2.71. The molecule has 16 heavy (non-hydrogen) atoms. The minimum absolute atomic E-state index is 0.0378. The van der Waals surface area contributed by atoms with Crippen molar-refractivity contribution in [2.24, 2.45) is 4.51 Å². The molecule has 0 spiro atoms. The second-order valence-corrected chi connectivity index (χ2v) is 3.07. The molecule has 0 aliphatic carbocycles. The third-order valence-electron chi connectivity index (χ3n) is 1.76. The molecule has 0 bridgehead atoms. The molecule has 1 aromatic rings. The van der Waals surface area contributed by atoms with Gasteiger partial charge in [-0.05, 0) is 24.3 Å². The van der Waals surface area contributed by atoms with E-state index in [2.05, 4.69) is 14.7 Å². The first-order chi connectivity index (χ1) is 7.71. The number of amides is 1. The van der Waals surface area contributed by atoms with Gasteiger partial charge in [0.05, 0.1) is 7.11 Å². The molecule has 7 heteroatoms. The Morgan fingerprint density at radius 1 is 1.38 bits per heavy atom. The van der Waals surface area contributed by atoms with Gasteiger partial charge in [-0.1, -0.05) is 0 Å². The van der Waals surface area contributed by atoms with E-state index in [1.165, 1.54) is 0 Å². The molecule has 0 aliphatic rings. The number of methoxy groups -OCH3 is 1. The molecule has 0 heterocycles. The van der Waals surface area contributed by atoms with Crippen LogP contribution in [0.2, 0.25) is 0 Å². The third-order valence-corrected chi connectivity index (χ3v) is 2.11. The molecule has 0 saturated heterocycles. The van der Waals surface area contributed by atoms with E-state index in [9.17, 15) is 4.79 Å². The number of halogens is 2. The van der Waals surface area contributed by atoms with E-state index in [1.54, 1.807) is 31.4 Å². The maximum absolute atomic E-state index is 11.6. The van der Waals surface area contributed by atoms with E-state index in [-0.39, 0.29) is 11.9 Å². The number of carbonyl (C=O) groups excluding carboxylic acids is 1. The fraction of sp³-hybridized carbons (Fsp3) is 0.111. The van der Waals surface area contributed by atoms with E-state index in [4.69, 9.17) is 28.3 Å². The van der Waals surface area contributed by atoms with E-state index >= 15 is 0 Å². The van der Waals surface area contributed by atoms with Gasteiger partial charge in [0.15, 0.2) is 0 Å². The summed E-state index contributed by atoms with van der Waals surface area (Å²) in [4.78, 5) is 13.7. The number of benzene rings is 1. The van der Waals surface area contributed by atoms with Crippen LogP contribution in [0.5, 0.6) is 5.75 Å². The van der Waals surface area contributed by atoms with E-state index in [1.807, 2.05) is 0 Å². The Kier molecular flexibility index (Phi) is 4.88. The van der Waals surface area contributed by atoms with Gasteiger partial charge in [-0.15, -0.1) is 4.51 Å². The average molecular weight is 262 g/mol. The molecular formula is C9H9Cl2N3O2. The molecule has 0 radical (unpaired) electrons. The molecule has 0 unspecified atom stereocenters. The number of ether oxygens (including phenoxy) is 1. The number of nitrogens with zero attached hydrogens (tertiary/aromatic N) is 1. The van der Waals surface area contributed by atoms with Gasteiger partial charge < -0.3 is 4.74 Å². The van der Waals surface area contributed by atoms with Crippen LogP contribution in [0.15, 0.2) is 28.8 Å². The lowest BCUT2D eigenvalue weighted by atomic mass is 10.2. The standard InChI is InChI=1S/C9H9Cl2N3O2/c1-16-7-4-2-6(3-5-7)8(15)12-9(13-10)14-11/h2-5H,1H3,(H2,12,13,14,15). The summed E-state index contributed by atoms with van der Waals surface area (Å²) in [6, 6.07) is 6.55. The van der Waals surface area contributed by atoms with Crippen LogP contribution in [0.4, 0.5) is 0 Å². The number of guanidine groups is 1. The highest BCUT2D eigenvalue weighted by atomic mass is 35.5. The lowest BCUT2D eigenvalue weighted by Crippen LogP contribution is -2.36. The molecule has 0 fully saturated rings. The fourth-order valence-electron chi connectivity index (χ4n) is 0.983. The van der Waals surface area contributed by atoms with E-state index in [0.29, 0.717) is 11.3 Å². The third kappa shape index (κ3) is 3.29. The largest absolute Gasteiger partial charge is 0.497 e. The highest BCUT2D eigenvalue weighted by Crippen LogP contribution is 2.10. The zero-order valence-corrected chi connectivity index (χ0v) is 9.84. The van der Waals surface area contributed by atoms with Gasteiger partial charge in [-0.25, -0.2) is 0 Å². The maximum atomic E-state index is 11.6. The van der Waals surface area contributed by atoms with Crippen LogP contribution in [-0.2, 0) is 0 Å². The molecule has 2 N–H and O–H groups in total. The number of hydrogen-bond donors (Lipinski definition) is 2. The van der Waals surface area contributed by atoms with Crippen LogP contribution >= 0.6 is 23.6 Å². The summed E-state index contributed by atoms with van der Waals surface area (Å²) >= 11 is 10.4. The minimum Gasteiger partial charge on any atom is -0.497 e. The molecular weight excluding hydrogens is 253 g/mol. The molecule has 0 atom stereocenters. The lowest BCUT2D eigenvalue weighted by Gasteiger charge is -2.05. The van der Waals surface area contributed by atoms with Crippen LogP contribution in [-0.4, -0.2) is 19.0 Å². The van der Waals surface area contributed by atoms with Crippen LogP contribution in [0.1, 0.15) is 10.4 Å². The Bertz CT molecular complexity index is 392. The predicted octanol–water partition coefficient (Wildman–Crippen LogP) is 1.68. The molecule has 1 amide bonds. The van der Waals surface area contributed by atoms with Crippen molar-refractivity contribution in [1.29, 1.82) is 0 Å². The van der Waals surface area contributed by atoms with Gasteiger partial charge in [-0.2, -0.15) is 0 Å². The van der Waals surface area contributed by atoms with Crippen molar-refractivity contribution < 1.29 is 9.53 Å². The van der Waals surface area contributed by atoms with Crippen molar-refractivity contribution >= 4 is 35.4 Å². The SMILES string of the molecule is COc1ccc(C(=O)NC(=NCl)NCl)cc1. The molecule has 0 aliphatic heterocycles. The highest BCUT2D eigenvalue weighted by Gasteiger charge is 2.08. The Balaban J connectivity index is 2.73. The fourth-order valence-corrected chi connectivity index (χ4v) is 1.20. The lowest BCUT2D eigenvalue weighted by molar-refractivity contribution is 0.0976. The molecule has 5 nitrogen and oxygen atoms in total. The zero-order valence-electron chi connectivity index (χ0n) is 8.33. The van der Waals surface area contributed by atoms with Crippen molar-refractivity contribution in [3.63, 3.8) is 0 Å². The van der Waals surface area contributed by atoms with Gasteiger partial charge in [-0.3, -0.25) is 14.9 Å². The van der Waals surface area contributed by atoms with Crippen molar-refractivity contribution in [3.8, 4) is 5.75 Å². The first-order valence-electron chi connectivity index (χ1n) is 4.22. The summed E-state index contributed by atoms with van der Waals surface area (Å²) in [7, 11) is 1.55. The maximum Gasteiger partial charge on any atom is 0.258 e. The van der Waals surface area contributed by atoms with Crippen molar-refractivity contribution in [3.05, 3.63) is 29.8 Å². The smallest absolute Gasteiger partial charge is 0.258 e. The van der Waals surface area contributed by atoms with Crippen molar-refractivity contribution in [1.82, 2.24) is 10.2 Å². The highest BCUT2D eigenvalue weighted by molar-refractivity contribution is 6.28.